The number of para-hydroxylation sites is 1. The lowest BCUT2D eigenvalue weighted by Gasteiger charge is -2.12. The molecule has 0 aliphatic carbocycles. The van der Waals surface area contributed by atoms with E-state index < -0.39 is 22.9 Å². The predicted molar refractivity (Wildman–Crippen MR) is 97.5 cm³/mol. The highest BCUT2D eigenvalue weighted by Gasteiger charge is 2.17. The fraction of sp³-hybridized carbons (Fsp3) is 0.105. The second-order valence-electron chi connectivity index (χ2n) is 5.41. The van der Waals surface area contributed by atoms with Crippen LogP contribution in [0.4, 0.5) is 11.4 Å². The smallest absolute Gasteiger partial charge is 0.331 e. The standard InChI is InChI=1S/C19H15N3O5/c1-13(19(24)21-16-7-4-5-14(11-16)12-20)27-18(23)10-9-15-6-2-3-8-17(15)22(25)26/h2-11,13H,1H3,(H,21,24)/b10-9+. The molecule has 0 radical (unpaired) electrons. The first-order chi connectivity index (χ1) is 12.9. The van der Waals surface area contributed by atoms with Crippen LogP contribution in [0.5, 0.6) is 0 Å². The number of ether oxygens (including phenoxy) is 1. The topological polar surface area (TPSA) is 122 Å². The fourth-order valence-electron chi connectivity index (χ4n) is 2.13. The van der Waals surface area contributed by atoms with Gasteiger partial charge >= 0.3 is 5.97 Å². The van der Waals surface area contributed by atoms with E-state index in [0.29, 0.717) is 11.3 Å². The Morgan fingerprint density at radius 3 is 2.70 bits per heavy atom. The van der Waals surface area contributed by atoms with E-state index >= 15 is 0 Å². The number of nitrogens with one attached hydrogen (secondary N) is 1. The highest BCUT2D eigenvalue weighted by molar-refractivity contribution is 5.96. The highest BCUT2D eigenvalue weighted by atomic mass is 16.6. The zero-order chi connectivity index (χ0) is 19.8. The molecule has 0 aromatic heterocycles. The zero-order valence-corrected chi connectivity index (χ0v) is 14.3. The van der Waals surface area contributed by atoms with Crippen molar-refractivity contribution in [1.82, 2.24) is 0 Å². The quantitative estimate of drug-likeness (QED) is 0.363. The van der Waals surface area contributed by atoms with Crippen LogP contribution in [0, 0.1) is 21.4 Å². The van der Waals surface area contributed by atoms with Crippen molar-refractivity contribution in [2.75, 3.05) is 5.32 Å². The van der Waals surface area contributed by atoms with Gasteiger partial charge in [-0.25, -0.2) is 4.79 Å². The summed E-state index contributed by atoms with van der Waals surface area (Å²) >= 11 is 0. The summed E-state index contributed by atoms with van der Waals surface area (Å²) in [5, 5.41) is 22.3. The van der Waals surface area contributed by atoms with Crippen molar-refractivity contribution in [2.45, 2.75) is 13.0 Å². The number of carbonyl (C=O) groups excluding carboxylic acids is 2. The van der Waals surface area contributed by atoms with Crippen molar-refractivity contribution in [1.29, 1.82) is 5.26 Å². The summed E-state index contributed by atoms with van der Waals surface area (Å²) in [5.41, 5.74) is 0.872. The minimum absolute atomic E-state index is 0.148. The molecule has 0 heterocycles. The first kappa shape index (κ1) is 19.3. The number of nitro benzene ring substituents is 1. The molecule has 27 heavy (non-hydrogen) atoms. The SMILES string of the molecule is CC(OC(=O)/C=C/c1ccccc1[N+](=O)[O-])C(=O)Nc1cccc(C#N)c1. The minimum atomic E-state index is -1.10. The third-order valence-electron chi connectivity index (χ3n) is 3.45. The number of anilines is 1. The maximum atomic E-state index is 12.1. The van der Waals surface area contributed by atoms with E-state index in [2.05, 4.69) is 5.32 Å². The molecule has 136 valence electrons. The van der Waals surface area contributed by atoms with Crippen molar-refractivity contribution in [3.8, 4) is 6.07 Å². The molecule has 1 amide bonds. The van der Waals surface area contributed by atoms with Gasteiger partial charge in [0, 0.05) is 17.8 Å². The van der Waals surface area contributed by atoms with Crippen molar-refractivity contribution in [3.05, 3.63) is 75.8 Å². The molecular weight excluding hydrogens is 350 g/mol. The molecule has 0 fully saturated rings. The van der Waals surface area contributed by atoms with Gasteiger partial charge in [0.05, 0.1) is 22.1 Å². The largest absolute Gasteiger partial charge is 0.449 e. The third-order valence-corrected chi connectivity index (χ3v) is 3.45. The van der Waals surface area contributed by atoms with Crippen LogP contribution in [-0.4, -0.2) is 22.9 Å². The van der Waals surface area contributed by atoms with Gasteiger partial charge in [-0.05, 0) is 37.3 Å². The van der Waals surface area contributed by atoms with Crippen LogP contribution in [-0.2, 0) is 14.3 Å². The molecule has 0 bridgehead atoms. The second kappa shape index (κ2) is 8.92. The lowest BCUT2D eigenvalue weighted by Crippen LogP contribution is -2.29. The van der Waals surface area contributed by atoms with Crippen LogP contribution < -0.4 is 5.32 Å². The Labute approximate surface area is 154 Å². The van der Waals surface area contributed by atoms with Crippen LogP contribution in [0.2, 0.25) is 0 Å². The summed E-state index contributed by atoms with van der Waals surface area (Å²) in [7, 11) is 0. The average molecular weight is 365 g/mol. The van der Waals surface area contributed by atoms with Crippen LogP contribution in [0.3, 0.4) is 0 Å². The van der Waals surface area contributed by atoms with E-state index in [9.17, 15) is 19.7 Å². The Balaban J connectivity index is 1.98. The van der Waals surface area contributed by atoms with E-state index in [0.717, 1.165) is 6.08 Å². The molecule has 8 nitrogen and oxygen atoms in total. The summed E-state index contributed by atoms with van der Waals surface area (Å²) in [6.07, 6.45) is 1.17. The van der Waals surface area contributed by atoms with Crippen LogP contribution in [0.1, 0.15) is 18.1 Å². The van der Waals surface area contributed by atoms with Crippen molar-refractivity contribution < 1.29 is 19.2 Å². The van der Waals surface area contributed by atoms with Crippen LogP contribution >= 0.6 is 0 Å². The first-order valence-corrected chi connectivity index (χ1v) is 7.84. The second-order valence-corrected chi connectivity index (χ2v) is 5.41. The van der Waals surface area contributed by atoms with E-state index in [-0.39, 0.29) is 11.3 Å². The Bertz CT molecular complexity index is 946. The van der Waals surface area contributed by atoms with Crippen molar-refractivity contribution in [3.63, 3.8) is 0 Å². The summed E-state index contributed by atoms with van der Waals surface area (Å²) < 4.78 is 4.99. The molecule has 0 aliphatic rings. The Hall–Kier alpha value is -3.99. The molecule has 0 saturated carbocycles. The number of rotatable bonds is 6. The van der Waals surface area contributed by atoms with E-state index in [1.807, 2.05) is 6.07 Å². The molecule has 0 saturated heterocycles. The lowest BCUT2D eigenvalue weighted by molar-refractivity contribution is -0.385. The summed E-state index contributed by atoms with van der Waals surface area (Å²) in [6, 6.07) is 14.2. The van der Waals surface area contributed by atoms with Gasteiger partial charge < -0.3 is 10.1 Å². The van der Waals surface area contributed by atoms with E-state index in [1.165, 1.54) is 37.3 Å². The van der Waals surface area contributed by atoms with Gasteiger partial charge in [0.25, 0.3) is 11.6 Å². The normalized spacial score (nSPS) is 11.4. The Morgan fingerprint density at radius 2 is 2.00 bits per heavy atom. The molecule has 2 aromatic rings. The maximum Gasteiger partial charge on any atom is 0.331 e. The van der Waals surface area contributed by atoms with Gasteiger partial charge in [-0.15, -0.1) is 0 Å². The predicted octanol–water partition coefficient (Wildman–Crippen LogP) is 3.05. The number of hydrogen-bond acceptors (Lipinski definition) is 6. The summed E-state index contributed by atoms with van der Waals surface area (Å²) in [6.45, 7) is 1.39. The van der Waals surface area contributed by atoms with Gasteiger partial charge in [-0.2, -0.15) is 5.26 Å². The van der Waals surface area contributed by atoms with Gasteiger partial charge in [0.2, 0.25) is 0 Å². The summed E-state index contributed by atoms with van der Waals surface area (Å²) in [4.78, 5) is 34.3. The molecule has 2 aromatic carbocycles. The Kier molecular flexibility index (Phi) is 6.39. The van der Waals surface area contributed by atoms with Gasteiger partial charge in [0.1, 0.15) is 0 Å². The van der Waals surface area contributed by atoms with Crippen LogP contribution in [0.15, 0.2) is 54.6 Å². The van der Waals surface area contributed by atoms with E-state index in [1.54, 1.807) is 24.3 Å². The lowest BCUT2D eigenvalue weighted by atomic mass is 10.1. The third kappa shape index (κ3) is 5.51. The molecule has 2 rings (SSSR count). The first-order valence-electron chi connectivity index (χ1n) is 7.84. The monoisotopic (exact) mass is 365 g/mol. The molecule has 8 heteroatoms. The Morgan fingerprint density at radius 1 is 1.26 bits per heavy atom. The number of nitriles is 1. The molecule has 1 N–H and O–H groups in total. The molecule has 0 spiro atoms. The van der Waals surface area contributed by atoms with Gasteiger partial charge in [0.15, 0.2) is 6.10 Å². The van der Waals surface area contributed by atoms with Crippen molar-refractivity contribution in [2.24, 2.45) is 0 Å². The van der Waals surface area contributed by atoms with Gasteiger partial charge in [-0.1, -0.05) is 18.2 Å². The van der Waals surface area contributed by atoms with E-state index in [4.69, 9.17) is 10.00 Å². The van der Waals surface area contributed by atoms with Crippen molar-refractivity contribution >= 4 is 29.3 Å². The highest BCUT2D eigenvalue weighted by Crippen LogP contribution is 2.19. The number of benzene rings is 2. The minimum Gasteiger partial charge on any atom is -0.449 e. The average Bonchev–Trinajstić information content (AvgIpc) is 2.66. The number of esters is 1. The number of nitrogens with zero attached hydrogens (tertiary/aromatic N) is 2. The number of amides is 1. The molecule has 0 aliphatic heterocycles. The number of hydrogen-bond donors (Lipinski definition) is 1. The molecule has 1 atom stereocenters. The number of nitro groups is 1. The van der Waals surface area contributed by atoms with Crippen LogP contribution in [0.25, 0.3) is 6.08 Å². The summed E-state index contributed by atoms with van der Waals surface area (Å²) in [5.74, 6) is -1.39. The zero-order valence-electron chi connectivity index (χ0n) is 14.3. The molecule has 1 unspecified atom stereocenters. The number of carbonyl (C=O) groups is 2. The van der Waals surface area contributed by atoms with Gasteiger partial charge in [-0.3, -0.25) is 14.9 Å². The molecular formula is C19H15N3O5. The fourth-order valence-corrected chi connectivity index (χ4v) is 2.13. The maximum absolute atomic E-state index is 12.1.